The summed E-state index contributed by atoms with van der Waals surface area (Å²) in [6, 6.07) is 67.8. The minimum atomic E-state index is 0.0293. The third-order valence-electron chi connectivity index (χ3n) is 13.1. The molecule has 0 saturated heterocycles. The van der Waals surface area contributed by atoms with Gasteiger partial charge in [0.2, 0.25) is 0 Å². The van der Waals surface area contributed by atoms with Crippen molar-refractivity contribution in [2.75, 3.05) is 0 Å². The molecule has 2 aliphatic carbocycles. The van der Waals surface area contributed by atoms with Crippen LogP contribution in [0.4, 0.5) is 0 Å². The third-order valence-corrected chi connectivity index (χ3v) is 13.1. The molecule has 2 nitrogen and oxygen atoms in total. The Kier molecular flexibility index (Phi) is 7.46. The quantitative estimate of drug-likeness (QED) is 0.150. The molecule has 2 aromatic heterocycles. The monoisotopic (exact) mass is 752 g/mol. The van der Waals surface area contributed by atoms with Gasteiger partial charge < -0.3 is 9.13 Å². The molecular formula is C57H40N2. The van der Waals surface area contributed by atoms with Crippen molar-refractivity contribution in [1.82, 2.24) is 9.13 Å². The van der Waals surface area contributed by atoms with Gasteiger partial charge >= 0.3 is 0 Å². The Balaban J connectivity index is 1.23. The molecule has 0 bridgehead atoms. The van der Waals surface area contributed by atoms with E-state index in [1.807, 2.05) is 6.08 Å². The van der Waals surface area contributed by atoms with E-state index in [4.69, 9.17) is 0 Å². The highest BCUT2D eigenvalue weighted by molar-refractivity contribution is 6.24. The van der Waals surface area contributed by atoms with Crippen molar-refractivity contribution in [3.05, 3.63) is 246 Å². The van der Waals surface area contributed by atoms with Crippen LogP contribution in [-0.2, 0) is 0 Å². The van der Waals surface area contributed by atoms with Crippen LogP contribution in [0, 0.1) is 0 Å². The number of rotatable bonds is 6. The van der Waals surface area contributed by atoms with E-state index in [2.05, 4.69) is 217 Å². The number of aromatic nitrogens is 2. The van der Waals surface area contributed by atoms with Crippen molar-refractivity contribution in [3.8, 4) is 22.5 Å². The predicted molar refractivity (Wildman–Crippen MR) is 248 cm³/mol. The summed E-state index contributed by atoms with van der Waals surface area (Å²) in [5, 5.41) is 4.99. The molecule has 0 saturated carbocycles. The van der Waals surface area contributed by atoms with Crippen LogP contribution in [0.25, 0.3) is 71.7 Å². The van der Waals surface area contributed by atoms with Crippen LogP contribution in [0.5, 0.6) is 0 Å². The molecule has 1 atom stereocenters. The van der Waals surface area contributed by atoms with Gasteiger partial charge in [-0.2, -0.15) is 0 Å². The van der Waals surface area contributed by atoms with Crippen LogP contribution in [0.2, 0.25) is 0 Å². The second-order valence-electron chi connectivity index (χ2n) is 16.0. The van der Waals surface area contributed by atoms with Crippen molar-refractivity contribution in [1.29, 1.82) is 0 Å². The van der Waals surface area contributed by atoms with Crippen LogP contribution in [0.1, 0.15) is 52.1 Å². The Morgan fingerprint density at radius 2 is 0.983 bits per heavy atom. The van der Waals surface area contributed by atoms with E-state index in [9.17, 15) is 0 Å². The Morgan fingerprint density at radius 3 is 1.63 bits per heavy atom. The number of para-hydroxylation sites is 3. The van der Waals surface area contributed by atoms with Crippen molar-refractivity contribution < 1.29 is 0 Å². The predicted octanol–water partition coefficient (Wildman–Crippen LogP) is 14.7. The van der Waals surface area contributed by atoms with Gasteiger partial charge in [-0.3, -0.25) is 0 Å². The highest BCUT2D eigenvalue weighted by Crippen LogP contribution is 2.53. The molecule has 2 heterocycles. The van der Waals surface area contributed by atoms with E-state index in [1.165, 1.54) is 105 Å². The maximum atomic E-state index is 4.04. The van der Waals surface area contributed by atoms with Crippen molar-refractivity contribution in [2.45, 2.75) is 18.8 Å². The smallest absolute Gasteiger partial charge is 0.0789 e. The molecule has 278 valence electrons. The average molecular weight is 753 g/mol. The van der Waals surface area contributed by atoms with Crippen molar-refractivity contribution in [2.24, 2.45) is 0 Å². The lowest BCUT2D eigenvalue weighted by molar-refractivity contribution is 0.948. The molecular weight excluding hydrogens is 713 g/mol. The molecule has 1 unspecified atom stereocenters. The lowest BCUT2D eigenvalue weighted by Crippen LogP contribution is -2.10. The van der Waals surface area contributed by atoms with E-state index in [0.717, 1.165) is 5.69 Å². The summed E-state index contributed by atoms with van der Waals surface area (Å²) in [4.78, 5) is 0. The first-order chi connectivity index (χ1) is 29.2. The van der Waals surface area contributed by atoms with Crippen LogP contribution in [-0.4, -0.2) is 9.13 Å². The topological polar surface area (TPSA) is 9.86 Å². The molecule has 0 N–H and O–H groups in total. The Bertz CT molecular complexity index is 3380. The normalized spacial score (nSPS) is 14.9. The zero-order valence-corrected chi connectivity index (χ0v) is 32.8. The first-order valence-electron chi connectivity index (χ1n) is 20.6. The second kappa shape index (κ2) is 13.1. The molecule has 12 rings (SSSR count). The lowest BCUT2D eigenvalue weighted by atomic mass is 9.82. The summed E-state index contributed by atoms with van der Waals surface area (Å²) in [5.74, 6) is 0.120. The van der Waals surface area contributed by atoms with Gasteiger partial charge in [0.15, 0.2) is 0 Å². The molecule has 2 heteroatoms. The number of benzene rings is 8. The summed E-state index contributed by atoms with van der Waals surface area (Å²) >= 11 is 0. The number of fused-ring (bicyclic) bond motifs is 11. The minimum absolute atomic E-state index is 0.0293. The van der Waals surface area contributed by atoms with Crippen molar-refractivity contribution in [3.63, 3.8) is 0 Å². The first-order valence-corrected chi connectivity index (χ1v) is 20.6. The van der Waals surface area contributed by atoms with Gasteiger partial charge in [-0.15, -0.1) is 0 Å². The van der Waals surface area contributed by atoms with Gasteiger partial charge in [0, 0.05) is 39.1 Å². The van der Waals surface area contributed by atoms with E-state index >= 15 is 0 Å². The Hall–Kier alpha value is -7.42. The number of hydrogen-bond acceptors (Lipinski definition) is 0. The number of hydrogen-bond donors (Lipinski definition) is 0. The SMILES string of the molecule is C=C/C=C\C1=C(C)c2ccccc2C1c1ccc(-n2c3ccccc3c3ccc4c5ccccc5n(-c5ccccc5)c4c32)c(C2c3ccccc3-c3ccccc32)c1. The Morgan fingerprint density at radius 1 is 0.458 bits per heavy atom. The fourth-order valence-corrected chi connectivity index (χ4v) is 10.7. The maximum absolute atomic E-state index is 4.04. The Labute approximate surface area is 343 Å². The van der Waals surface area contributed by atoms with Gasteiger partial charge in [0.05, 0.1) is 27.8 Å². The summed E-state index contributed by atoms with van der Waals surface area (Å²) < 4.78 is 5.08. The summed E-state index contributed by atoms with van der Waals surface area (Å²) in [6.07, 6.45) is 6.25. The van der Waals surface area contributed by atoms with Crippen LogP contribution < -0.4 is 0 Å². The highest BCUT2D eigenvalue weighted by Gasteiger charge is 2.35. The second-order valence-corrected chi connectivity index (χ2v) is 16.0. The molecule has 8 aromatic carbocycles. The van der Waals surface area contributed by atoms with Gasteiger partial charge in [-0.1, -0.05) is 176 Å². The molecule has 0 spiro atoms. The third kappa shape index (κ3) is 4.81. The molecule has 0 fully saturated rings. The average Bonchev–Trinajstić information content (AvgIpc) is 4.01. The van der Waals surface area contributed by atoms with Gasteiger partial charge in [-0.25, -0.2) is 0 Å². The molecule has 0 radical (unpaired) electrons. The zero-order chi connectivity index (χ0) is 39.2. The largest absolute Gasteiger partial charge is 0.307 e. The zero-order valence-electron chi connectivity index (χ0n) is 32.8. The lowest BCUT2D eigenvalue weighted by Gasteiger charge is -2.24. The fourth-order valence-electron chi connectivity index (χ4n) is 10.7. The van der Waals surface area contributed by atoms with Gasteiger partial charge in [-0.05, 0) is 92.9 Å². The summed E-state index contributed by atoms with van der Waals surface area (Å²) in [6.45, 7) is 6.31. The van der Waals surface area contributed by atoms with E-state index in [0.29, 0.717) is 0 Å². The molecule has 59 heavy (non-hydrogen) atoms. The first kappa shape index (κ1) is 33.7. The van der Waals surface area contributed by atoms with Crippen LogP contribution in [0.15, 0.2) is 212 Å². The van der Waals surface area contributed by atoms with Crippen molar-refractivity contribution >= 4 is 49.2 Å². The van der Waals surface area contributed by atoms with Gasteiger partial charge in [0.25, 0.3) is 0 Å². The molecule has 0 aliphatic heterocycles. The summed E-state index contributed by atoms with van der Waals surface area (Å²) in [7, 11) is 0. The molecule has 0 amide bonds. The maximum Gasteiger partial charge on any atom is 0.0789 e. The standard InChI is InChI=1S/C57H40N2/c1-3-4-20-40-36(2)39-21-8-11-26-45(39)54(40)37-31-34-53(50(35-37)55-46-27-12-9-22-41(46)42-23-10-13-28-47(42)55)59-52-30-17-15-25-44(52)49-33-32-48-43-24-14-16-29-51(43)58(56(48)57(49)59)38-18-6-5-7-19-38/h3-35,54-55H,1H2,2H3/b20-4-. The number of allylic oxidation sites excluding steroid dienone is 5. The van der Waals surface area contributed by atoms with Gasteiger partial charge in [0.1, 0.15) is 0 Å². The van der Waals surface area contributed by atoms with E-state index < -0.39 is 0 Å². The van der Waals surface area contributed by atoms with Crippen LogP contribution >= 0.6 is 0 Å². The highest BCUT2D eigenvalue weighted by atomic mass is 15.0. The fraction of sp³-hybridized carbons (Fsp3) is 0.0526. The van der Waals surface area contributed by atoms with Crippen LogP contribution in [0.3, 0.4) is 0 Å². The van der Waals surface area contributed by atoms with E-state index in [-0.39, 0.29) is 11.8 Å². The van der Waals surface area contributed by atoms with E-state index in [1.54, 1.807) is 0 Å². The molecule has 2 aliphatic rings. The minimum Gasteiger partial charge on any atom is -0.307 e. The molecule has 10 aromatic rings. The summed E-state index contributed by atoms with van der Waals surface area (Å²) in [5.41, 5.74) is 20.4. The number of nitrogens with zero attached hydrogens (tertiary/aromatic N) is 2.